The second kappa shape index (κ2) is 5.30. The summed E-state index contributed by atoms with van der Waals surface area (Å²) in [6, 6.07) is -0.0593. The molecule has 1 aromatic rings. The van der Waals surface area contributed by atoms with E-state index in [1.807, 2.05) is 0 Å². The summed E-state index contributed by atoms with van der Waals surface area (Å²) in [5.74, 6) is 0.263. The first kappa shape index (κ1) is 15.2. The zero-order valence-electron chi connectivity index (χ0n) is 10.3. The maximum Gasteiger partial charge on any atom is 0.411 e. The minimum absolute atomic E-state index is 0.0368. The summed E-state index contributed by atoms with van der Waals surface area (Å²) in [7, 11) is -4.00. The molecule has 1 fully saturated rings. The lowest BCUT2D eigenvalue weighted by molar-refractivity contribution is -0.173. The molecular weight excluding hydrogens is 301 g/mol. The van der Waals surface area contributed by atoms with E-state index in [1.54, 1.807) is 0 Å². The fourth-order valence-electron chi connectivity index (χ4n) is 1.72. The van der Waals surface area contributed by atoms with Crippen molar-refractivity contribution in [2.75, 3.05) is 13.2 Å². The van der Waals surface area contributed by atoms with Crippen LogP contribution < -0.4 is 5.14 Å². The molecule has 0 amide bonds. The van der Waals surface area contributed by atoms with Crippen LogP contribution in [0.1, 0.15) is 24.7 Å². The average Bonchev–Trinajstić information content (AvgIpc) is 3.02. The third-order valence-corrected chi connectivity index (χ3v) is 3.42. The smallest absolute Gasteiger partial charge is 0.372 e. The number of alkyl halides is 3. The Bertz CT molecular complexity index is 580. The van der Waals surface area contributed by atoms with E-state index in [4.69, 9.17) is 5.14 Å². The highest BCUT2D eigenvalue weighted by molar-refractivity contribution is 7.89. The van der Waals surface area contributed by atoms with Gasteiger partial charge in [0.25, 0.3) is 15.2 Å². The Hall–Kier alpha value is -1.20. The van der Waals surface area contributed by atoms with Crippen LogP contribution in [0.2, 0.25) is 0 Å². The Morgan fingerprint density at radius 3 is 2.50 bits per heavy atom. The molecule has 1 aliphatic carbocycles. The lowest BCUT2D eigenvalue weighted by Crippen LogP contribution is -2.20. The minimum Gasteiger partial charge on any atom is -0.372 e. The molecule has 11 heteroatoms. The highest BCUT2D eigenvalue weighted by atomic mass is 32.2. The van der Waals surface area contributed by atoms with Gasteiger partial charge in [-0.25, -0.2) is 13.6 Å². The number of ether oxygens (including phenoxy) is 1. The number of hydrogen-bond acceptors (Lipinski definition) is 5. The summed E-state index contributed by atoms with van der Waals surface area (Å²) < 4.78 is 64.2. The van der Waals surface area contributed by atoms with Gasteiger partial charge >= 0.3 is 6.18 Å². The van der Waals surface area contributed by atoms with Crippen molar-refractivity contribution in [3.05, 3.63) is 5.82 Å². The van der Waals surface area contributed by atoms with Crippen molar-refractivity contribution in [1.29, 1.82) is 0 Å². The van der Waals surface area contributed by atoms with Gasteiger partial charge in [0.15, 0.2) is 0 Å². The van der Waals surface area contributed by atoms with Crippen LogP contribution in [0, 0.1) is 0 Å². The molecule has 0 radical (unpaired) electrons. The highest BCUT2D eigenvalue weighted by Crippen LogP contribution is 2.37. The monoisotopic (exact) mass is 314 g/mol. The number of primary sulfonamides is 1. The van der Waals surface area contributed by atoms with Gasteiger partial charge in [-0.05, 0) is 12.8 Å². The molecule has 2 N–H and O–H groups in total. The second-order valence-corrected chi connectivity index (χ2v) is 5.92. The fraction of sp³-hybridized carbons (Fsp3) is 0.778. The molecule has 1 saturated carbocycles. The van der Waals surface area contributed by atoms with Crippen molar-refractivity contribution in [3.8, 4) is 0 Å². The average molecular weight is 314 g/mol. The zero-order chi connectivity index (χ0) is 15.0. The van der Waals surface area contributed by atoms with E-state index in [0.29, 0.717) is 0 Å². The lowest BCUT2D eigenvalue weighted by Gasteiger charge is -2.09. The molecule has 1 aliphatic rings. The molecule has 0 aromatic carbocycles. The number of nitrogens with zero attached hydrogens (tertiary/aromatic N) is 3. The SMILES string of the molecule is NS(=O)(=O)c1nnc(CCOCC(F)(F)F)n1C1CC1. The van der Waals surface area contributed by atoms with Gasteiger partial charge in [-0.1, -0.05) is 0 Å². The topological polar surface area (TPSA) is 100 Å². The van der Waals surface area contributed by atoms with Crippen molar-refractivity contribution in [2.24, 2.45) is 5.14 Å². The van der Waals surface area contributed by atoms with Gasteiger partial charge in [0.2, 0.25) is 0 Å². The third kappa shape index (κ3) is 3.90. The molecule has 0 spiro atoms. The molecular formula is C9H13F3N4O3S. The van der Waals surface area contributed by atoms with E-state index in [0.717, 1.165) is 12.8 Å². The van der Waals surface area contributed by atoms with Crippen LogP contribution in [0.15, 0.2) is 5.16 Å². The summed E-state index contributed by atoms with van der Waals surface area (Å²) in [6.07, 6.45) is -2.83. The fourth-order valence-corrected chi connectivity index (χ4v) is 2.41. The number of sulfonamides is 1. The van der Waals surface area contributed by atoms with Gasteiger partial charge < -0.3 is 4.74 Å². The Morgan fingerprint density at radius 1 is 1.35 bits per heavy atom. The summed E-state index contributed by atoms with van der Waals surface area (Å²) >= 11 is 0. The van der Waals surface area contributed by atoms with Crippen molar-refractivity contribution >= 4 is 10.0 Å². The Morgan fingerprint density at radius 2 is 2.00 bits per heavy atom. The van der Waals surface area contributed by atoms with Crippen LogP contribution in [0.5, 0.6) is 0 Å². The van der Waals surface area contributed by atoms with Crippen LogP contribution >= 0.6 is 0 Å². The first-order valence-corrected chi connectivity index (χ1v) is 7.34. The molecule has 1 heterocycles. The quantitative estimate of drug-likeness (QED) is 0.765. The third-order valence-electron chi connectivity index (χ3n) is 2.64. The standard InChI is InChI=1S/C9H13F3N4O3S/c10-9(11,12)5-19-4-3-7-14-15-8(20(13,17)18)16(7)6-1-2-6/h6H,1-5H2,(H2,13,17,18). The molecule has 20 heavy (non-hydrogen) atoms. The van der Waals surface area contributed by atoms with Crippen molar-refractivity contribution < 1.29 is 26.3 Å². The molecule has 1 aromatic heterocycles. The molecule has 0 bridgehead atoms. The highest BCUT2D eigenvalue weighted by Gasteiger charge is 2.33. The van der Waals surface area contributed by atoms with Crippen LogP contribution in [-0.4, -0.2) is 42.6 Å². The summed E-state index contributed by atoms with van der Waals surface area (Å²) in [4.78, 5) is 0. The van der Waals surface area contributed by atoms with Crippen LogP contribution in [0.25, 0.3) is 0 Å². The minimum atomic E-state index is -4.39. The molecule has 0 saturated heterocycles. The number of nitrogens with two attached hydrogens (primary N) is 1. The predicted octanol–water partition coefficient (Wildman–Crippen LogP) is 0.382. The maximum absolute atomic E-state index is 11.9. The number of hydrogen-bond donors (Lipinski definition) is 1. The number of rotatable bonds is 6. The molecule has 0 aliphatic heterocycles. The van der Waals surface area contributed by atoms with Crippen LogP contribution in [0.4, 0.5) is 13.2 Å². The zero-order valence-corrected chi connectivity index (χ0v) is 11.1. The van der Waals surface area contributed by atoms with Gasteiger partial charge in [-0.2, -0.15) is 13.2 Å². The largest absolute Gasteiger partial charge is 0.411 e. The van der Waals surface area contributed by atoms with Crippen molar-refractivity contribution in [1.82, 2.24) is 14.8 Å². The van der Waals surface area contributed by atoms with E-state index >= 15 is 0 Å². The molecule has 114 valence electrons. The van der Waals surface area contributed by atoms with Gasteiger partial charge in [0.05, 0.1) is 6.61 Å². The number of aromatic nitrogens is 3. The molecule has 0 atom stereocenters. The second-order valence-electron chi connectivity index (χ2n) is 4.46. The van der Waals surface area contributed by atoms with E-state index in [2.05, 4.69) is 14.9 Å². The van der Waals surface area contributed by atoms with Gasteiger partial charge in [0.1, 0.15) is 12.4 Å². The van der Waals surface area contributed by atoms with Gasteiger partial charge in [-0.3, -0.25) is 4.57 Å². The first-order chi connectivity index (χ1) is 9.18. The van der Waals surface area contributed by atoms with E-state index in [9.17, 15) is 21.6 Å². The first-order valence-electron chi connectivity index (χ1n) is 5.79. The van der Waals surface area contributed by atoms with Crippen molar-refractivity contribution in [2.45, 2.75) is 36.6 Å². The Balaban J connectivity index is 2.04. The molecule has 0 unspecified atom stereocenters. The summed E-state index contributed by atoms with van der Waals surface area (Å²) in [5.41, 5.74) is 0. The van der Waals surface area contributed by atoms with E-state index in [-0.39, 0.29) is 30.1 Å². The number of halogens is 3. The maximum atomic E-state index is 11.9. The predicted molar refractivity (Wildman–Crippen MR) is 60.2 cm³/mol. The van der Waals surface area contributed by atoms with Crippen LogP contribution in [0.3, 0.4) is 0 Å². The Labute approximate surface area is 113 Å². The normalized spacial score (nSPS) is 16.6. The molecule has 2 rings (SSSR count). The Kier molecular flexibility index (Phi) is 4.02. The lowest BCUT2D eigenvalue weighted by atomic mass is 10.4. The van der Waals surface area contributed by atoms with Crippen molar-refractivity contribution in [3.63, 3.8) is 0 Å². The van der Waals surface area contributed by atoms with E-state index < -0.39 is 22.8 Å². The van der Waals surface area contributed by atoms with Gasteiger partial charge in [0, 0.05) is 12.5 Å². The van der Waals surface area contributed by atoms with Gasteiger partial charge in [-0.15, -0.1) is 10.2 Å². The van der Waals surface area contributed by atoms with Crippen LogP contribution in [-0.2, 0) is 21.2 Å². The summed E-state index contributed by atoms with van der Waals surface area (Å²) in [6.45, 7) is -1.58. The summed E-state index contributed by atoms with van der Waals surface area (Å²) in [5, 5.41) is 11.8. The molecule has 7 nitrogen and oxygen atoms in total. The van der Waals surface area contributed by atoms with E-state index in [1.165, 1.54) is 4.57 Å².